The van der Waals surface area contributed by atoms with Crippen molar-refractivity contribution in [1.82, 2.24) is 4.98 Å². The Balaban J connectivity index is 1.66. The lowest BCUT2D eigenvalue weighted by atomic mass is 10.2. The van der Waals surface area contributed by atoms with Crippen molar-refractivity contribution >= 4 is 23.5 Å². The average Bonchev–Trinajstić information content (AvgIpc) is 3.05. The number of carboxylic acids is 1. The first kappa shape index (κ1) is 13.2. The van der Waals surface area contributed by atoms with E-state index in [4.69, 9.17) is 26.2 Å². The molecule has 1 aliphatic carbocycles. The molecule has 3 rings (SSSR count). The highest BCUT2D eigenvalue weighted by atomic mass is 35.5. The summed E-state index contributed by atoms with van der Waals surface area (Å²) in [7, 11) is 0. The normalized spacial score (nSPS) is 20.2. The Hall–Kier alpha value is -1.82. The zero-order valence-electron chi connectivity index (χ0n) is 10.6. The third kappa shape index (κ3) is 2.56. The maximum absolute atomic E-state index is 10.7. The molecule has 7 heteroatoms. The molecule has 2 heterocycles. The van der Waals surface area contributed by atoms with Gasteiger partial charge in [-0.25, -0.2) is 14.8 Å². The summed E-state index contributed by atoms with van der Waals surface area (Å²) in [5, 5.41) is 9.47. The second-order valence-corrected chi connectivity index (χ2v) is 5.10. The average molecular weight is 297 g/mol. The van der Waals surface area contributed by atoms with Crippen molar-refractivity contribution in [3.05, 3.63) is 22.3 Å². The maximum Gasteiger partial charge on any atom is 0.332 e. The van der Waals surface area contributed by atoms with Crippen molar-refractivity contribution in [3.63, 3.8) is 0 Å². The fraction of sp³-hybridized carbons (Fsp3) is 0.462. The number of carboxylic acid groups (broad SMARTS) is 1. The first-order valence-electron chi connectivity index (χ1n) is 6.37. The van der Waals surface area contributed by atoms with Crippen molar-refractivity contribution in [1.29, 1.82) is 0 Å². The van der Waals surface area contributed by atoms with Gasteiger partial charge in [-0.05, 0) is 24.8 Å². The summed E-state index contributed by atoms with van der Waals surface area (Å²) in [4.78, 5) is 19.0. The molecule has 1 aromatic rings. The highest BCUT2D eigenvalue weighted by Gasteiger charge is 2.25. The van der Waals surface area contributed by atoms with Crippen LogP contribution in [0, 0.1) is 0 Å². The number of ether oxygens (including phenoxy) is 2. The first-order chi connectivity index (χ1) is 9.63. The van der Waals surface area contributed by atoms with Crippen LogP contribution in [-0.4, -0.2) is 41.2 Å². The number of hydrogen-bond acceptors (Lipinski definition) is 5. The Bertz CT molecular complexity index is 588. The molecule has 1 atom stereocenters. The molecule has 0 bridgehead atoms. The monoisotopic (exact) mass is 296 g/mol. The summed E-state index contributed by atoms with van der Waals surface area (Å²) in [6, 6.07) is 0.834. The lowest BCUT2D eigenvalue weighted by Gasteiger charge is -2.08. The molecule has 0 aromatic carbocycles. The minimum atomic E-state index is -1.00. The molecule has 1 N–H and O–H groups in total. The SMILES string of the molecule is O=C(O)C1COC(COc2cc(Cl)c3c(n2)CCC3)=N1. The van der Waals surface area contributed by atoms with Gasteiger partial charge >= 0.3 is 5.97 Å². The fourth-order valence-electron chi connectivity index (χ4n) is 2.31. The number of pyridine rings is 1. The molecule has 0 saturated carbocycles. The number of hydrogen-bond donors (Lipinski definition) is 1. The molecule has 0 radical (unpaired) electrons. The van der Waals surface area contributed by atoms with E-state index in [1.54, 1.807) is 6.07 Å². The highest BCUT2D eigenvalue weighted by Crippen LogP contribution is 2.30. The van der Waals surface area contributed by atoms with Gasteiger partial charge in [-0.2, -0.15) is 0 Å². The van der Waals surface area contributed by atoms with Crippen LogP contribution in [0.5, 0.6) is 5.88 Å². The standard InChI is InChI=1S/C13H13ClN2O4/c14-8-4-11(15-9-3-1-2-7(8)9)20-6-12-16-10(5-19-12)13(17)18/h4,10H,1-3,5-6H2,(H,17,18). The minimum absolute atomic E-state index is 0.0480. The number of fused-ring (bicyclic) bond motifs is 1. The van der Waals surface area contributed by atoms with E-state index in [1.807, 2.05) is 0 Å². The summed E-state index contributed by atoms with van der Waals surface area (Å²) >= 11 is 6.18. The van der Waals surface area contributed by atoms with Gasteiger partial charge in [0.15, 0.2) is 12.6 Å². The van der Waals surface area contributed by atoms with Gasteiger partial charge in [0.1, 0.15) is 6.61 Å². The number of aliphatic imine (C=N–C) groups is 1. The van der Waals surface area contributed by atoms with E-state index in [0.717, 1.165) is 30.5 Å². The molecule has 1 aromatic heterocycles. The van der Waals surface area contributed by atoms with Crippen LogP contribution in [-0.2, 0) is 22.4 Å². The van der Waals surface area contributed by atoms with Gasteiger partial charge < -0.3 is 14.6 Å². The molecule has 0 saturated heterocycles. The van der Waals surface area contributed by atoms with Gasteiger partial charge in [0.25, 0.3) is 0 Å². The predicted octanol–water partition coefficient (Wildman–Crippen LogP) is 1.48. The molecule has 6 nitrogen and oxygen atoms in total. The Kier molecular flexibility index (Phi) is 3.48. The number of aromatic nitrogens is 1. The van der Waals surface area contributed by atoms with Gasteiger partial charge in [0.2, 0.25) is 11.8 Å². The van der Waals surface area contributed by atoms with E-state index < -0.39 is 12.0 Å². The van der Waals surface area contributed by atoms with Crippen molar-refractivity contribution in [2.45, 2.75) is 25.3 Å². The Labute approximate surface area is 120 Å². The summed E-state index contributed by atoms with van der Waals surface area (Å²) in [6.45, 7) is 0.109. The number of nitrogens with zero attached hydrogens (tertiary/aromatic N) is 2. The molecule has 106 valence electrons. The Morgan fingerprint density at radius 3 is 3.15 bits per heavy atom. The zero-order valence-corrected chi connectivity index (χ0v) is 11.4. The molecule has 1 aliphatic heterocycles. The lowest BCUT2D eigenvalue weighted by molar-refractivity contribution is -0.138. The van der Waals surface area contributed by atoms with Gasteiger partial charge in [-0.15, -0.1) is 0 Å². The summed E-state index contributed by atoms with van der Waals surface area (Å²) in [5.41, 5.74) is 2.07. The molecule has 2 aliphatic rings. The number of rotatable bonds is 4. The van der Waals surface area contributed by atoms with Crippen molar-refractivity contribution in [3.8, 4) is 5.88 Å². The van der Waals surface area contributed by atoms with E-state index >= 15 is 0 Å². The number of aliphatic carboxylic acids is 1. The second-order valence-electron chi connectivity index (χ2n) is 4.70. The minimum Gasteiger partial charge on any atom is -0.480 e. The molecule has 1 unspecified atom stereocenters. The van der Waals surface area contributed by atoms with E-state index in [1.165, 1.54) is 0 Å². The molecule has 0 fully saturated rings. The first-order valence-corrected chi connectivity index (χ1v) is 6.74. The van der Waals surface area contributed by atoms with E-state index in [2.05, 4.69) is 9.98 Å². The van der Waals surface area contributed by atoms with Gasteiger partial charge in [0.05, 0.1) is 5.02 Å². The maximum atomic E-state index is 10.7. The summed E-state index contributed by atoms with van der Waals surface area (Å²) in [6.07, 6.45) is 2.92. The smallest absolute Gasteiger partial charge is 0.332 e. The van der Waals surface area contributed by atoms with E-state index in [0.29, 0.717) is 10.9 Å². The van der Waals surface area contributed by atoms with Crippen molar-refractivity contribution < 1.29 is 19.4 Å². The van der Waals surface area contributed by atoms with Crippen LogP contribution in [0.2, 0.25) is 5.02 Å². The third-order valence-electron chi connectivity index (χ3n) is 3.31. The summed E-state index contributed by atoms with van der Waals surface area (Å²) < 4.78 is 10.6. The van der Waals surface area contributed by atoms with Crippen molar-refractivity contribution in [2.75, 3.05) is 13.2 Å². The van der Waals surface area contributed by atoms with Crippen LogP contribution in [0.1, 0.15) is 17.7 Å². The summed E-state index contributed by atoms with van der Waals surface area (Å²) in [5.74, 6) is -0.310. The fourth-order valence-corrected chi connectivity index (χ4v) is 2.60. The van der Waals surface area contributed by atoms with Crippen LogP contribution < -0.4 is 4.74 Å². The van der Waals surface area contributed by atoms with Crippen LogP contribution >= 0.6 is 11.6 Å². The number of aryl methyl sites for hydroxylation is 1. The molecular weight excluding hydrogens is 284 g/mol. The van der Waals surface area contributed by atoms with Crippen molar-refractivity contribution in [2.24, 2.45) is 4.99 Å². The lowest BCUT2D eigenvalue weighted by Crippen LogP contribution is -2.18. The second kappa shape index (κ2) is 5.28. The Morgan fingerprint density at radius 2 is 2.40 bits per heavy atom. The van der Waals surface area contributed by atoms with Crippen LogP contribution in [0.15, 0.2) is 11.1 Å². The largest absolute Gasteiger partial charge is 0.480 e. The zero-order chi connectivity index (χ0) is 14.1. The molecule has 0 amide bonds. The van der Waals surface area contributed by atoms with E-state index in [9.17, 15) is 4.79 Å². The molecule has 0 spiro atoms. The highest BCUT2D eigenvalue weighted by molar-refractivity contribution is 6.31. The predicted molar refractivity (Wildman–Crippen MR) is 71.6 cm³/mol. The van der Waals surface area contributed by atoms with Crippen LogP contribution in [0.25, 0.3) is 0 Å². The quantitative estimate of drug-likeness (QED) is 0.910. The Morgan fingerprint density at radius 1 is 1.55 bits per heavy atom. The van der Waals surface area contributed by atoms with Gasteiger partial charge in [0, 0.05) is 11.8 Å². The molecular formula is C13H13ClN2O4. The third-order valence-corrected chi connectivity index (χ3v) is 3.65. The van der Waals surface area contributed by atoms with Crippen LogP contribution in [0.3, 0.4) is 0 Å². The molecule has 20 heavy (non-hydrogen) atoms. The topological polar surface area (TPSA) is 81.0 Å². The van der Waals surface area contributed by atoms with Gasteiger partial charge in [-0.3, -0.25) is 0 Å². The number of halogens is 1. The van der Waals surface area contributed by atoms with Gasteiger partial charge in [-0.1, -0.05) is 11.6 Å². The number of carbonyl (C=O) groups is 1. The van der Waals surface area contributed by atoms with Crippen LogP contribution in [0.4, 0.5) is 0 Å². The van der Waals surface area contributed by atoms with E-state index in [-0.39, 0.29) is 19.1 Å².